The van der Waals surface area contributed by atoms with Crippen LogP contribution in [0.4, 0.5) is 0 Å². The Balaban J connectivity index is 2.19. The van der Waals surface area contributed by atoms with Crippen LogP contribution in [0.3, 0.4) is 0 Å². The smallest absolute Gasteiger partial charge is 0.147 e. The third-order valence-corrected chi connectivity index (χ3v) is 3.31. The average Bonchev–Trinajstić information content (AvgIpc) is 2.39. The Labute approximate surface area is 56.6 Å². The summed E-state index contributed by atoms with van der Waals surface area (Å²) in [5.41, 5.74) is 0. The number of alkyl halides is 1. The zero-order chi connectivity index (χ0) is 5.72. The van der Waals surface area contributed by atoms with E-state index in [-0.39, 0.29) is 4.83 Å². The summed E-state index contributed by atoms with van der Waals surface area (Å²) in [6, 6.07) is 0. The third kappa shape index (κ3) is 0.495. The maximum absolute atomic E-state index is 10.8. The van der Waals surface area contributed by atoms with E-state index in [2.05, 4.69) is 15.9 Å². The van der Waals surface area contributed by atoms with Gasteiger partial charge in [0.1, 0.15) is 5.78 Å². The molecule has 2 aliphatic rings. The van der Waals surface area contributed by atoms with Gasteiger partial charge in [0, 0.05) is 6.42 Å². The van der Waals surface area contributed by atoms with E-state index in [1.807, 2.05) is 0 Å². The number of Topliss-reactive ketones (excluding diaryl/α,β-unsaturated/α-hetero) is 1. The first-order chi connectivity index (χ1) is 3.79. The lowest BCUT2D eigenvalue weighted by molar-refractivity contribution is -0.117. The molecule has 0 aromatic carbocycles. The molecule has 2 heteroatoms. The summed E-state index contributed by atoms with van der Waals surface area (Å²) in [7, 11) is 0. The molecule has 2 fully saturated rings. The van der Waals surface area contributed by atoms with Crippen LogP contribution in [-0.4, -0.2) is 10.6 Å². The van der Waals surface area contributed by atoms with Crippen LogP contribution in [0.5, 0.6) is 0 Å². The number of halogens is 1. The molecule has 44 valence electrons. The molecule has 0 bridgehead atoms. The van der Waals surface area contributed by atoms with Crippen molar-refractivity contribution in [3.8, 4) is 0 Å². The molecular weight excluding hydrogens is 168 g/mol. The summed E-state index contributed by atoms with van der Waals surface area (Å²) in [4.78, 5) is 11.0. The highest BCUT2D eigenvalue weighted by molar-refractivity contribution is 9.10. The second kappa shape index (κ2) is 1.35. The number of fused-ring (bicyclic) bond motifs is 1. The molecule has 1 nitrogen and oxygen atoms in total. The van der Waals surface area contributed by atoms with Crippen molar-refractivity contribution in [3.63, 3.8) is 0 Å². The van der Waals surface area contributed by atoms with Gasteiger partial charge in [-0.25, -0.2) is 0 Å². The molecule has 8 heavy (non-hydrogen) atoms. The number of hydrogen-bond acceptors (Lipinski definition) is 1. The Morgan fingerprint density at radius 2 is 2.38 bits per heavy atom. The maximum atomic E-state index is 10.8. The molecule has 0 saturated heterocycles. The summed E-state index contributed by atoms with van der Waals surface area (Å²) in [6.45, 7) is 0. The van der Waals surface area contributed by atoms with Gasteiger partial charge in [-0.2, -0.15) is 0 Å². The van der Waals surface area contributed by atoms with Crippen molar-refractivity contribution < 1.29 is 4.79 Å². The molecule has 3 atom stereocenters. The van der Waals surface area contributed by atoms with Crippen LogP contribution in [0.15, 0.2) is 0 Å². The average molecular weight is 175 g/mol. The largest absolute Gasteiger partial charge is 0.298 e. The lowest BCUT2D eigenvalue weighted by Gasteiger charge is -1.95. The minimum absolute atomic E-state index is 0.229. The second-order valence-corrected chi connectivity index (χ2v) is 3.72. The second-order valence-electron chi connectivity index (χ2n) is 2.73. The molecule has 0 unspecified atom stereocenters. The number of hydrogen-bond donors (Lipinski definition) is 0. The van der Waals surface area contributed by atoms with Gasteiger partial charge >= 0.3 is 0 Å². The van der Waals surface area contributed by atoms with E-state index in [4.69, 9.17) is 0 Å². The molecule has 0 spiro atoms. The van der Waals surface area contributed by atoms with Gasteiger partial charge in [-0.3, -0.25) is 4.79 Å². The highest BCUT2D eigenvalue weighted by Crippen LogP contribution is 2.52. The van der Waals surface area contributed by atoms with Crippen molar-refractivity contribution in [2.75, 3.05) is 0 Å². The normalized spacial score (nSPS) is 51.6. The van der Waals surface area contributed by atoms with Gasteiger partial charge in [-0.05, 0) is 18.3 Å². The predicted octanol–water partition coefficient (Wildman–Crippen LogP) is 1.36. The molecule has 0 radical (unpaired) electrons. The molecule has 0 aromatic rings. The Hall–Kier alpha value is 0.150. The van der Waals surface area contributed by atoms with Crippen molar-refractivity contribution >= 4 is 21.7 Å². The van der Waals surface area contributed by atoms with E-state index < -0.39 is 0 Å². The summed E-state index contributed by atoms with van der Waals surface area (Å²) in [5.74, 6) is 1.92. The van der Waals surface area contributed by atoms with Gasteiger partial charge in [-0.1, -0.05) is 15.9 Å². The molecule has 0 aromatic heterocycles. The fourth-order valence-electron chi connectivity index (χ4n) is 1.47. The van der Waals surface area contributed by atoms with E-state index in [0.29, 0.717) is 5.78 Å². The summed E-state index contributed by atoms with van der Waals surface area (Å²) in [6.07, 6.45) is 2.14. The fraction of sp³-hybridized carbons (Fsp3) is 0.833. The van der Waals surface area contributed by atoms with E-state index in [1.54, 1.807) is 0 Å². The van der Waals surface area contributed by atoms with Crippen LogP contribution in [-0.2, 0) is 4.79 Å². The summed E-state index contributed by atoms with van der Waals surface area (Å²) >= 11 is 3.36. The van der Waals surface area contributed by atoms with Gasteiger partial charge < -0.3 is 0 Å². The molecule has 0 amide bonds. The molecule has 2 rings (SSSR count). The number of carbonyl (C=O) groups is 1. The standard InChI is InChI=1S/C6H7BrO/c7-6-4-1-3(4)2-5(6)8/h3-4,6H,1-2H2/t3-,4-,6+/m0/s1. The van der Waals surface area contributed by atoms with Crippen LogP contribution in [0.1, 0.15) is 12.8 Å². The Kier molecular flexibility index (Phi) is 0.840. The first-order valence-corrected chi connectivity index (χ1v) is 3.87. The lowest BCUT2D eigenvalue weighted by atomic mass is 10.2. The van der Waals surface area contributed by atoms with E-state index in [0.717, 1.165) is 18.3 Å². The van der Waals surface area contributed by atoms with Crippen LogP contribution < -0.4 is 0 Å². The SMILES string of the molecule is O=C1C[C@@H]2C[C@@H]2[C@H]1Br. The van der Waals surface area contributed by atoms with E-state index in [9.17, 15) is 4.79 Å². The first kappa shape index (κ1) is 4.98. The van der Waals surface area contributed by atoms with E-state index in [1.165, 1.54) is 6.42 Å². The van der Waals surface area contributed by atoms with Crippen molar-refractivity contribution in [2.45, 2.75) is 17.7 Å². The molecule has 0 aliphatic heterocycles. The van der Waals surface area contributed by atoms with Crippen molar-refractivity contribution in [2.24, 2.45) is 11.8 Å². The quantitative estimate of drug-likeness (QED) is 0.508. The molecular formula is C6H7BrO. The fourth-order valence-corrected chi connectivity index (χ4v) is 2.31. The zero-order valence-corrected chi connectivity index (χ0v) is 6.02. The monoisotopic (exact) mass is 174 g/mol. The van der Waals surface area contributed by atoms with Crippen molar-refractivity contribution in [1.29, 1.82) is 0 Å². The Morgan fingerprint density at radius 3 is 2.62 bits per heavy atom. The zero-order valence-electron chi connectivity index (χ0n) is 4.43. The molecule has 0 N–H and O–H groups in total. The van der Waals surface area contributed by atoms with Gasteiger partial charge in [-0.15, -0.1) is 0 Å². The lowest BCUT2D eigenvalue weighted by Crippen LogP contribution is -2.08. The van der Waals surface area contributed by atoms with E-state index >= 15 is 0 Å². The number of rotatable bonds is 0. The highest BCUT2D eigenvalue weighted by Gasteiger charge is 2.51. The maximum Gasteiger partial charge on any atom is 0.147 e. The van der Waals surface area contributed by atoms with Crippen LogP contribution >= 0.6 is 15.9 Å². The number of carbonyl (C=O) groups excluding carboxylic acids is 1. The Bertz CT molecular complexity index is 143. The van der Waals surface area contributed by atoms with Crippen LogP contribution in [0.25, 0.3) is 0 Å². The van der Waals surface area contributed by atoms with Gasteiger partial charge in [0.25, 0.3) is 0 Å². The van der Waals surface area contributed by atoms with Crippen LogP contribution in [0, 0.1) is 11.8 Å². The topological polar surface area (TPSA) is 17.1 Å². The minimum Gasteiger partial charge on any atom is -0.298 e. The summed E-state index contributed by atoms with van der Waals surface area (Å²) < 4.78 is 0. The molecule has 0 heterocycles. The van der Waals surface area contributed by atoms with Gasteiger partial charge in [0.15, 0.2) is 0 Å². The molecule has 2 aliphatic carbocycles. The highest BCUT2D eigenvalue weighted by atomic mass is 79.9. The predicted molar refractivity (Wildman–Crippen MR) is 33.9 cm³/mol. The van der Waals surface area contributed by atoms with Gasteiger partial charge in [0.2, 0.25) is 0 Å². The number of ketones is 1. The Morgan fingerprint density at radius 1 is 1.62 bits per heavy atom. The van der Waals surface area contributed by atoms with Crippen molar-refractivity contribution in [1.82, 2.24) is 0 Å². The van der Waals surface area contributed by atoms with Gasteiger partial charge in [0.05, 0.1) is 4.83 Å². The molecule has 2 saturated carbocycles. The minimum atomic E-state index is 0.229. The van der Waals surface area contributed by atoms with Crippen molar-refractivity contribution in [3.05, 3.63) is 0 Å². The van der Waals surface area contributed by atoms with Crippen LogP contribution in [0.2, 0.25) is 0 Å². The third-order valence-electron chi connectivity index (χ3n) is 2.12. The summed E-state index contributed by atoms with van der Waals surface area (Å²) in [5, 5.41) is 0. The first-order valence-electron chi connectivity index (χ1n) is 2.96.